The third-order valence-electron chi connectivity index (χ3n) is 1.61. The van der Waals surface area contributed by atoms with Gasteiger partial charge in [-0.2, -0.15) is 5.10 Å². The summed E-state index contributed by atoms with van der Waals surface area (Å²) in [7, 11) is 0. The first-order valence-corrected chi connectivity index (χ1v) is 3.33. The highest BCUT2D eigenvalue weighted by Gasteiger charge is 2.21. The van der Waals surface area contributed by atoms with E-state index in [1.54, 1.807) is 0 Å². The molecule has 0 amide bonds. The molecule has 1 aliphatic rings. The summed E-state index contributed by atoms with van der Waals surface area (Å²) in [5.41, 5.74) is -0.162. The van der Waals surface area contributed by atoms with Crippen LogP contribution in [0, 0.1) is 0 Å². The molecule has 2 rings (SSSR count). The van der Waals surface area contributed by atoms with Crippen molar-refractivity contribution in [3.8, 4) is 0 Å². The molecule has 0 bridgehead atoms. The molecule has 1 aliphatic heterocycles. The predicted molar refractivity (Wildman–Crippen MR) is 38.4 cm³/mol. The number of hydrogen-bond donors (Lipinski definition) is 1. The maximum atomic E-state index is 10.9. The van der Waals surface area contributed by atoms with Gasteiger partial charge in [-0.1, -0.05) is 0 Å². The molecule has 0 spiro atoms. The quantitative estimate of drug-likeness (QED) is 0.613. The number of hydrogen-bond acceptors (Lipinski definition) is 3. The summed E-state index contributed by atoms with van der Waals surface area (Å²) in [6.45, 7) is 1.04. The average molecular weight is 154 g/mol. The van der Waals surface area contributed by atoms with Crippen molar-refractivity contribution in [1.82, 2.24) is 10.2 Å². The van der Waals surface area contributed by atoms with Crippen LogP contribution < -0.4 is 5.56 Å². The summed E-state index contributed by atoms with van der Waals surface area (Å²) < 4.78 is 19.7. The Kier molecular flexibility index (Phi) is 1.05. The van der Waals surface area contributed by atoms with Gasteiger partial charge in [0, 0.05) is 12.0 Å². The standard InChI is InChI=1S/C7H8N2O2/c10-7-2-1-6(8-9-7)5-3-11-4-5/h1-2,5H,3-4H2,(H,9,10)/i1D,2D. The largest absolute Gasteiger partial charge is 0.380 e. The number of rotatable bonds is 1. The van der Waals surface area contributed by atoms with Crippen LogP contribution in [-0.4, -0.2) is 23.4 Å². The molecule has 0 aliphatic carbocycles. The van der Waals surface area contributed by atoms with Crippen molar-refractivity contribution in [1.29, 1.82) is 0 Å². The van der Waals surface area contributed by atoms with Crippen LogP contribution in [0.1, 0.15) is 14.4 Å². The zero-order valence-electron chi connectivity index (χ0n) is 7.76. The lowest BCUT2D eigenvalue weighted by Gasteiger charge is -2.24. The van der Waals surface area contributed by atoms with Gasteiger partial charge in [-0.3, -0.25) is 4.79 Å². The first-order valence-electron chi connectivity index (χ1n) is 4.33. The first-order chi connectivity index (χ1) is 6.20. The van der Waals surface area contributed by atoms with Crippen molar-refractivity contribution in [2.75, 3.05) is 13.2 Å². The molecule has 58 valence electrons. The van der Waals surface area contributed by atoms with Crippen LogP contribution in [0.5, 0.6) is 0 Å². The normalized spacial score (nSPS) is 20.4. The molecule has 1 saturated heterocycles. The lowest BCUT2D eigenvalue weighted by Crippen LogP contribution is -2.27. The molecule has 1 N–H and O–H groups in total. The fraction of sp³-hybridized carbons (Fsp3) is 0.429. The van der Waals surface area contributed by atoms with E-state index in [0.29, 0.717) is 18.9 Å². The van der Waals surface area contributed by atoms with E-state index in [0.717, 1.165) is 0 Å². The Morgan fingerprint density at radius 1 is 1.73 bits per heavy atom. The van der Waals surface area contributed by atoms with Gasteiger partial charge in [-0.25, -0.2) is 5.10 Å². The lowest BCUT2D eigenvalue weighted by molar-refractivity contribution is 0.00633. The zero-order valence-corrected chi connectivity index (χ0v) is 5.76. The van der Waals surface area contributed by atoms with Gasteiger partial charge in [-0.15, -0.1) is 0 Å². The summed E-state index contributed by atoms with van der Waals surface area (Å²) in [4.78, 5) is 10.9. The van der Waals surface area contributed by atoms with Crippen LogP contribution in [0.3, 0.4) is 0 Å². The number of aromatic nitrogens is 2. The van der Waals surface area contributed by atoms with Crippen molar-refractivity contribution in [2.24, 2.45) is 0 Å². The van der Waals surface area contributed by atoms with Gasteiger partial charge < -0.3 is 4.74 Å². The Hall–Kier alpha value is -1.16. The van der Waals surface area contributed by atoms with Crippen molar-refractivity contribution in [3.05, 3.63) is 28.1 Å². The summed E-state index contributed by atoms with van der Waals surface area (Å²) in [6.07, 6.45) is 0. The molecule has 11 heavy (non-hydrogen) atoms. The molecule has 2 heterocycles. The van der Waals surface area contributed by atoms with Gasteiger partial charge in [0.15, 0.2) is 0 Å². The van der Waals surface area contributed by atoms with Crippen molar-refractivity contribution in [2.45, 2.75) is 5.92 Å². The highest BCUT2D eigenvalue weighted by Crippen LogP contribution is 2.20. The molecule has 1 aromatic rings. The van der Waals surface area contributed by atoms with Crippen LogP contribution in [-0.2, 0) is 4.74 Å². The monoisotopic (exact) mass is 154 g/mol. The van der Waals surface area contributed by atoms with Crippen LogP contribution in [0.2, 0.25) is 0 Å². The summed E-state index contributed by atoms with van der Waals surface area (Å²) in [6, 6.07) is -0.408. The second-order valence-corrected chi connectivity index (χ2v) is 2.42. The van der Waals surface area contributed by atoms with E-state index in [9.17, 15) is 4.79 Å². The number of ether oxygens (including phenoxy) is 1. The second kappa shape index (κ2) is 2.47. The Labute approximate surface area is 66.0 Å². The maximum Gasteiger partial charge on any atom is 0.264 e. The summed E-state index contributed by atoms with van der Waals surface area (Å²) in [5, 5.41) is 5.93. The Bertz CT molecular complexity index is 387. The van der Waals surface area contributed by atoms with E-state index in [4.69, 9.17) is 7.48 Å². The molecule has 0 aromatic carbocycles. The minimum atomic E-state index is -0.617. The molecular formula is C7H8N2O2. The van der Waals surface area contributed by atoms with Crippen LogP contribution in [0.25, 0.3) is 0 Å². The van der Waals surface area contributed by atoms with E-state index in [-0.39, 0.29) is 18.0 Å². The Morgan fingerprint density at radius 2 is 2.55 bits per heavy atom. The molecule has 0 atom stereocenters. The SMILES string of the molecule is [2H]c1c(C2COC2)n[nH]c(=O)c1[2H]. The molecule has 0 unspecified atom stereocenters. The molecule has 1 fully saturated rings. The molecular weight excluding hydrogens is 144 g/mol. The fourth-order valence-corrected chi connectivity index (χ4v) is 0.875. The molecule has 4 nitrogen and oxygen atoms in total. The van der Waals surface area contributed by atoms with E-state index < -0.39 is 5.56 Å². The molecule has 4 heteroatoms. The summed E-state index contributed by atoms with van der Waals surface area (Å²) in [5.74, 6) is 0.0634. The number of H-pyrrole nitrogens is 1. The summed E-state index contributed by atoms with van der Waals surface area (Å²) >= 11 is 0. The van der Waals surface area contributed by atoms with E-state index >= 15 is 0 Å². The first kappa shape index (κ1) is 4.66. The molecule has 0 radical (unpaired) electrons. The third kappa shape index (κ3) is 1.17. The third-order valence-corrected chi connectivity index (χ3v) is 1.61. The topological polar surface area (TPSA) is 55.0 Å². The predicted octanol–water partition coefficient (Wildman–Crippen LogP) is -0.116. The van der Waals surface area contributed by atoms with Gasteiger partial charge >= 0.3 is 0 Å². The minimum absolute atomic E-state index is 0.0634. The van der Waals surface area contributed by atoms with E-state index in [1.165, 1.54) is 0 Å². The van der Waals surface area contributed by atoms with Gasteiger partial charge in [0.25, 0.3) is 5.56 Å². The maximum absolute atomic E-state index is 10.9. The zero-order chi connectivity index (χ0) is 9.42. The second-order valence-electron chi connectivity index (χ2n) is 2.42. The van der Waals surface area contributed by atoms with Crippen molar-refractivity contribution < 1.29 is 7.48 Å². The number of nitrogens with one attached hydrogen (secondary N) is 1. The van der Waals surface area contributed by atoms with Gasteiger partial charge in [0.1, 0.15) is 0 Å². The highest BCUT2D eigenvalue weighted by atomic mass is 16.5. The lowest BCUT2D eigenvalue weighted by atomic mass is 10.0. The van der Waals surface area contributed by atoms with Crippen molar-refractivity contribution >= 4 is 0 Å². The van der Waals surface area contributed by atoms with Gasteiger partial charge in [0.2, 0.25) is 0 Å². The average Bonchev–Trinajstić information content (AvgIpc) is 2.03. The van der Waals surface area contributed by atoms with E-state index in [1.807, 2.05) is 0 Å². The van der Waals surface area contributed by atoms with Crippen LogP contribution in [0.4, 0.5) is 0 Å². The fourth-order valence-electron chi connectivity index (χ4n) is 0.875. The van der Waals surface area contributed by atoms with Gasteiger partial charge in [-0.05, 0) is 6.04 Å². The number of nitrogens with zero attached hydrogens (tertiary/aromatic N) is 1. The van der Waals surface area contributed by atoms with Crippen LogP contribution in [0.15, 0.2) is 16.9 Å². The minimum Gasteiger partial charge on any atom is -0.380 e. The molecule has 1 aromatic heterocycles. The Balaban J connectivity index is 2.47. The van der Waals surface area contributed by atoms with E-state index in [2.05, 4.69) is 10.2 Å². The Morgan fingerprint density at radius 3 is 3.18 bits per heavy atom. The van der Waals surface area contributed by atoms with Gasteiger partial charge in [0.05, 0.1) is 21.6 Å². The smallest absolute Gasteiger partial charge is 0.264 e. The molecule has 0 saturated carbocycles. The van der Waals surface area contributed by atoms with Crippen molar-refractivity contribution in [3.63, 3.8) is 0 Å². The number of aromatic amines is 1. The van der Waals surface area contributed by atoms with Crippen LogP contribution >= 0.6 is 0 Å². The highest BCUT2D eigenvalue weighted by molar-refractivity contribution is 5.08.